The zero-order valence-corrected chi connectivity index (χ0v) is 9.43. The van der Waals surface area contributed by atoms with E-state index in [1.807, 2.05) is 0 Å². The van der Waals surface area contributed by atoms with E-state index in [-0.39, 0.29) is 23.4 Å². The Bertz CT molecular complexity index is 417. The molecule has 0 amide bonds. The molecule has 1 heterocycles. The number of nitrogens with zero attached hydrogens (tertiary/aromatic N) is 3. The van der Waals surface area contributed by atoms with Crippen molar-refractivity contribution < 1.29 is 4.92 Å². The molecular weight excluding hydrogens is 222 g/mol. The van der Waals surface area contributed by atoms with Crippen molar-refractivity contribution in [2.45, 2.75) is 38.1 Å². The van der Waals surface area contributed by atoms with Gasteiger partial charge in [0.2, 0.25) is 11.6 Å². The van der Waals surface area contributed by atoms with Crippen LogP contribution in [0.15, 0.2) is 6.33 Å². The molecule has 17 heavy (non-hydrogen) atoms. The van der Waals surface area contributed by atoms with Crippen LogP contribution >= 0.6 is 0 Å². The number of anilines is 2. The number of rotatable bonds is 3. The highest BCUT2D eigenvalue weighted by Crippen LogP contribution is 2.29. The van der Waals surface area contributed by atoms with E-state index in [1.165, 1.54) is 12.7 Å². The summed E-state index contributed by atoms with van der Waals surface area (Å²) in [5, 5.41) is 14.0. The van der Waals surface area contributed by atoms with Crippen LogP contribution < -0.4 is 11.1 Å². The number of hydrogen-bond donors (Lipinski definition) is 2. The van der Waals surface area contributed by atoms with Crippen LogP contribution in [0.4, 0.5) is 17.3 Å². The van der Waals surface area contributed by atoms with Gasteiger partial charge in [-0.2, -0.15) is 0 Å². The van der Waals surface area contributed by atoms with Gasteiger partial charge < -0.3 is 11.1 Å². The molecule has 1 aliphatic rings. The molecule has 0 aliphatic heterocycles. The Morgan fingerprint density at radius 2 is 2.06 bits per heavy atom. The van der Waals surface area contributed by atoms with Gasteiger partial charge in [-0.05, 0) is 12.8 Å². The second-order valence-corrected chi connectivity index (χ2v) is 4.19. The van der Waals surface area contributed by atoms with Gasteiger partial charge in [-0.3, -0.25) is 10.1 Å². The SMILES string of the molecule is Nc1ncnc(NC2CCCCC2)c1[N+](=O)[O-]. The van der Waals surface area contributed by atoms with Crippen LogP contribution in [0, 0.1) is 10.1 Å². The van der Waals surface area contributed by atoms with Gasteiger partial charge in [0.1, 0.15) is 6.33 Å². The molecule has 92 valence electrons. The Balaban J connectivity index is 2.19. The van der Waals surface area contributed by atoms with E-state index in [0.717, 1.165) is 25.7 Å². The first-order valence-electron chi connectivity index (χ1n) is 5.70. The third-order valence-corrected chi connectivity index (χ3v) is 2.98. The van der Waals surface area contributed by atoms with Crippen LogP contribution in [0.3, 0.4) is 0 Å². The number of nitro groups is 1. The predicted molar refractivity (Wildman–Crippen MR) is 63.6 cm³/mol. The summed E-state index contributed by atoms with van der Waals surface area (Å²) in [4.78, 5) is 17.9. The number of hydrogen-bond acceptors (Lipinski definition) is 6. The summed E-state index contributed by atoms with van der Waals surface area (Å²) < 4.78 is 0. The standard InChI is InChI=1S/C10H15N5O2/c11-9-8(15(16)17)10(13-6-12-9)14-7-4-2-1-3-5-7/h6-7H,1-5H2,(H3,11,12,13,14). The molecule has 7 heteroatoms. The molecule has 1 fully saturated rings. The predicted octanol–water partition coefficient (Wildman–Crippen LogP) is 1.71. The molecule has 0 atom stereocenters. The van der Waals surface area contributed by atoms with Gasteiger partial charge in [-0.25, -0.2) is 9.97 Å². The first-order chi connectivity index (χ1) is 8.18. The Morgan fingerprint density at radius 1 is 1.35 bits per heavy atom. The van der Waals surface area contributed by atoms with Crippen LogP contribution in [0.5, 0.6) is 0 Å². The number of nitrogen functional groups attached to an aromatic ring is 1. The fourth-order valence-electron chi connectivity index (χ4n) is 2.12. The summed E-state index contributed by atoms with van der Waals surface area (Å²) in [7, 11) is 0. The summed E-state index contributed by atoms with van der Waals surface area (Å²) in [6, 6.07) is 0.247. The van der Waals surface area contributed by atoms with Crippen molar-refractivity contribution >= 4 is 17.3 Å². The number of nitrogens with one attached hydrogen (secondary N) is 1. The maximum atomic E-state index is 10.9. The monoisotopic (exact) mass is 237 g/mol. The van der Waals surface area contributed by atoms with Gasteiger partial charge in [-0.15, -0.1) is 0 Å². The van der Waals surface area contributed by atoms with Crippen LogP contribution in [-0.4, -0.2) is 20.9 Å². The summed E-state index contributed by atoms with van der Waals surface area (Å²) in [6.45, 7) is 0. The average molecular weight is 237 g/mol. The molecule has 2 rings (SSSR count). The normalized spacial score (nSPS) is 16.7. The Labute approximate surface area is 98.6 Å². The van der Waals surface area contributed by atoms with Crippen molar-refractivity contribution in [3.8, 4) is 0 Å². The van der Waals surface area contributed by atoms with Crippen molar-refractivity contribution in [3.05, 3.63) is 16.4 Å². The molecule has 0 radical (unpaired) electrons. The van der Waals surface area contributed by atoms with E-state index >= 15 is 0 Å². The van der Waals surface area contributed by atoms with Gasteiger partial charge in [0, 0.05) is 6.04 Å². The highest BCUT2D eigenvalue weighted by molar-refractivity contribution is 5.67. The quantitative estimate of drug-likeness (QED) is 0.612. The van der Waals surface area contributed by atoms with Gasteiger partial charge >= 0.3 is 5.69 Å². The smallest absolute Gasteiger partial charge is 0.352 e. The van der Waals surface area contributed by atoms with Gasteiger partial charge in [0.25, 0.3) is 0 Å². The maximum absolute atomic E-state index is 10.9. The molecule has 0 aromatic carbocycles. The Kier molecular flexibility index (Phi) is 3.36. The van der Waals surface area contributed by atoms with E-state index < -0.39 is 4.92 Å². The minimum atomic E-state index is -0.541. The van der Waals surface area contributed by atoms with Crippen LogP contribution in [0.2, 0.25) is 0 Å². The summed E-state index contributed by atoms with van der Waals surface area (Å²) in [5.41, 5.74) is 5.27. The van der Waals surface area contributed by atoms with Crippen LogP contribution in [-0.2, 0) is 0 Å². The molecule has 3 N–H and O–H groups in total. The third kappa shape index (κ3) is 2.61. The average Bonchev–Trinajstić information content (AvgIpc) is 2.30. The highest BCUT2D eigenvalue weighted by Gasteiger charge is 2.23. The van der Waals surface area contributed by atoms with Crippen molar-refractivity contribution in [2.75, 3.05) is 11.1 Å². The van der Waals surface area contributed by atoms with Crippen molar-refractivity contribution in [2.24, 2.45) is 0 Å². The summed E-state index contributed by atoms with van der Waals surface area (Å²) in [6.07, 6.45) is 6.79. The van der Waals surface area contributed by atoms with E-state index in [9.17, 15) is 10.1 Å². The first-order valence-corrected chi connectivity index (χ1v) is 5.70. The molecule has 1 aromatic rings. The van der Waals surface area contributed by atoms with Crippen molar-refractivity contribution in [1.82, 2.24) is 9.97 Å². The summed E-state index contributed by atoms with van der Waals surface area (Å²) >= 11 is 0. The molecule has 1 saturated carbocycles. The first kappa shape index (κ1) is 11.6. The molecular formula is C10H15N5O2. The Hall–Kier alpha value is -1.92. The van der Waals surface area contributed by atoms with Crippen LogP contribution in [0.25, 0.3) is 0 Å². The second kappa shape index (κ2) is 4.94. The number of nitrogens with two attached hydrogens (primary N) is 1. The minimum Gasteiger partial charge on any atom is -0.378 e. The largest absolute Gasteiger partial charge is 0.378 e. The second-order valence-electron chi connectivity index (χ2n) is 4.19. The lowest BCUT2D eigenvalue weighted by Gasteiger charge is -2.22. The highest BCUT2D eigenvalue weighted by atomic mass is 16.6. The maximum Gasteiger partial charge on any atom is 0.352 e. The minimum absolute atomic E-state index is 0.0942. The van der Waals surface area contributed by atoms with E-state index in [4.69, 9.17) is 5.73 Å². The van der Waals surface area contributed by atoms with Gasteiger partial charge in [0.05, 0.1) is 4.92 Å². The van der Waals surface area contributed by atoms with E-state index in [0.29, 0.717) is 0 Å². The van der Waals surface area contributed by atoms with Crippen molar-refractivity contribution in [3.63, 3.8) is 0 Å². The zero-order valence-electron chi connectivity index (χ0n) is 9.43. The molecule has 0 bridgehead atoms. The fourth-order valence-corrected chi connectivity index (χ4v) is 2.12. The fraction of sp³-hybridized carbons (Fsp3) is 0.600. The van der Waals surface area contributed by atoms with Crippen LogP contribution in [0.1, 0.15) is 32.1 Å². The summed E-state index contributed by atoms with van der Waals surface area (Å²) in [5.74, 6) is 0.137. The molecule has 0 spiro atoms. The zero-order chi connectivity index (χ0) is 12.3. The topological polar surface area (TPSA) is 107 Å². The molecule has 0 unspecified atom stereocenters. The Morgan fingerprint density at radius 3 is 2.71 bits per heavy atom. The lowest BCUT2D eigenvalue weighted by molar-refractivity contribution is -0.383. The van der Waals surface area contributed by atoms with Gasteiger partial charge in [-0.1, -0.05) is 19.3 Å². The van der Waals surface area contributed by atoms with E-state index in [1.54, 1.807) is 0 Å². The van der Waals surface area contributed by atoms with Crippen molar-refractivity contribution in [1.29, 1.82) is 0 Å². The number of aromatic nitrogens is 2. The lowest BCUT2D eigenvalue weighted by Crippen LogP contribution is -2.23. The molecule has 0 saturated heterocycles. The van der Waals surface area contributed by atoms with Gasteiger partial charge in [0.15, 0.2) is 0 Å². The lowest BCUT2D eigenvalue weighted by atomic mass is 9.95. The molecule has 1 aromatic heterocycles. The third-order valence-electron chi connectivity index (χ3n) is 2.98. The van der Waals surface area contributed by atoms with E-state index in [2.05, 4.69) is 15.3 Å². The molecule has 1 aliphatic carbocycles. The molecule has 7 nitrogen and oxygen atoms in total.